The minimum atomic E-state index is -0.878. The first-order valence-electron chi connectivity index (χ1n) is 6.50. The molecule has 0 aromatic carbocycles. The van der Waals surface area contributed by atoms with Gasteiger partial charge in [0.2, 0.25) is 11.8 Å². The molecule has 0 saturated carbocycles. The lowest BCUT2D eigenvalue weighted by Gasteiger charge is -2.33. The smallest absolute Gasteiger partial charge is 0.241 e. The molecule has 5 nitrogen and oxygen atoms in total. The van der Waals surface area contributed by atoms with Crippen LogP contribution >= 0.6 is 12.2 Å². The molecule has 0 heterocycles. The van der Waals surface area contributed by atoms with E-state index in [1.807, 2.05) is 13.8 Å². The topological polar surface area (TPSA) is 66.6 Å². The number of thiocarbonyl (C=S) groups is 1. The third-order valence-electron chi connectivity index (χ3n) is 3.33. The predicted molar refractivity (Wildman–Crippen MR) is 80.7 cm³/mol. The summed E-state index contributed by atoms with van der Waals surface area (Å²) in [6.07, 6.45) is 1.31. The SMILES string of the molecule is CCCN(CC(=O)N(C)C)C(=O)C(C)(CC)C(N)=S. The van der Waals surface area contributed by atoms with Crippen LogP contribution in [0.1, 0.15) is 33.6 Å². The second-order valence-electron chi connectivity index (χ2n) is 5.06. The van der Waals surface area contributed by atoms with Crippen molar-refractivity contribution in [1.82, 2.24) is 9.80 Å². The van der Waals surface area contributed by atoms with E-state index in [2.05, 4.69) is 0 Å². The van der Waals surface area contributed by atoms with Crippen LogP contribution in [0.2, 0.25) is 0 Å². The molecule has 110 valence electrons. The van der Waals surface area contributed by atoms with Crippen LogP contribution in [0.4, 0.5) is 0 Å². The van der Waals surface area contributed by atoms with Crippen LogP contribution in [0.3, 0.4) is 0 Å². The Morgan fingerprint density at radius 1 is 1.26 bits per heavy atom. The number of carbonyl (C=O) groups excluding carboxylic acids is 2. The monoisotopic (exact) mass is 287 g/mol. The summed E-state index contributed by atoms with van der Waals surface area (Å²) in [5, 5.41) is 0. The van der Waals surface area contributed by atoms with Crippen molar-refractivity contribution in [3.05, 3.63) is 0 Å². The zero-order valence-corrected chi connectivity index (χ0v) is 13.3. The zero-order valence-electron chi connectivity index (χ0n) is 12.5. The fourth-order valence-corrected chi connectivity index (χ4v) is 1.84. The molecule has 19 heavy (non-hydrogen) atoms. The van der Waals surface area contributed by atoms with Crippen molar-refractivity contribution in [3.8, 4) is 0 Å². The summed E-state index contributed by atoms with van der Waals surface area (Å²) in [6, 6.07) is 0. The summed E-state index contributed by atoms with van der Waals surface area (Å²) < 4.78 is 0. The Morgan fingerprint density at radius 2 is 1.79 bits per heavy atom. The number of amides is 2. The minimum Gasteiger partial charge on any atom is -0.392 e. The lowest BCUT2D eigenvalue weighted by molar-refractivity contribution is -0.143. The van der Waals surface area contributed by atoms with Gasteiger partial charge in [-0.1, -0.05) is 26.1 Å². The van der Waals surface area contributed by atoms with Gasteiger partial charge in [-0.05, 0) is 19.8 Å². The molecule has 0 fully saturated rings. The Hall–Kier alpha value is -1.17. The first-order valence-corrected chi connectivity index (χ1v) is 6.90. The molecule has 6 heteroatoms. The van der Waals surface area contributed by atoms with Gasteiger partial charge in [-0.3, -0.25) is 9.59 Å². The Bertz CT molecular complexity index is 358. The fraction of sp³-hybridized carbons (Fsp3) is 0.769. The molecule has 0 aliphatic carbocycles. The summed E-state index contributed by atoms with van der Waals surface area (Å²) in [4.78, 5) is 27.6. The Morgan fingerprint density at radius 3 is 2.11 bits per heavy atom. The molecule has 1 atom stereocenters. The molecule has 0 aliphatic heterocycles. The maximum absolute atomic E-state index is 12.6. The maximum Gasteiger partial charge on any atom is 0.241 e. The molecule has 0 aliphatic rings. The minimum absolute atomic E-state index is 0.0673. The molecule has 0 rings (SSSR count). The standard InChI is InChI=1S/C13H25N3O2S/c1-6-8-16(9-10(17)15(4)5)12(18)13(3,7-2)11(14)19/h6-9H2,1-5H3,(H2,14,19). The molecular formula is C13H25N3O2S. The van der Waals surface area contributed by atoms with Gasteiger partial charge >= 0.3 is 0 Å². The number of carbonyl (C=O) groups is 2. The molecule has 0 aromatic rings. The molecular weight excluding hydrogens is 262 g/mol. The summed E-state index contributed by atoms with van der Waals surface area (Å²) in [5.41, 5.74) is 4.82. The second-order valence-corrected chi connectivity index (χ2v) is 5.50. The van der Waals surface area contributed by atoms with Crippen LogP contribution in [-0.2, 0) is 9.59 Å². The summed E-state index contributed by atoms with van der Waals surface area (Å²) in [7, 11) is 3.34. The van der Waals surface area contributed by atoms with Crippen molar-refractivity contribution in [2.75, 3.05) is 27.2 Å². The predicted octanol–water partition coefficient (Wildman–Crippen LogP) is 1.02. The van der Waals surface area contributed by atoms with Crippen molar-refractivity contribution in [2.24, 2.45) is 11.1 Å². The highest BCUT2D eigenvalue weighted by molar-refractivity contribution is 7.80. The van der Waals surface area contributed by atoms with Crippen molar-refractivity contribution in [3.63, 3.8) is 0 Å². The van der Waals surface area contributed by atoms with Gasteiger partial charge in [-0.25, -0.2) is 0 Å². The van der Waals surface area contributed by atoms with E-state index < -0.39 is 5.41 Å². The van der Waals surface area contributed by atoms with Crippen molar-refractivity contribution >= 4 is 29.0 Å². The molecule has 2 N–H and O–H groups in total. The Kier molecular flexibility index (Phi) is 6.97. The molecule has 0 radical (unpaired) electrons. The zero-order chi connectivity index (χ0) is 15.2. The molecule has 2 amide bonds. The molecule has 0 aromatic heterocycles. The number of rotatable bonds is 7. The lowest BCUT2D eigenvalue weighted by Crippen LogP contribution is -2.51. The maximum atomic E-state index is 12.6. The highest BCUT2D eigenvalue weighted by Crippen LogP contribution is 2.25. The quantitative estimate of drug-likeness (QED) is 0.710. The van der Waals surface area contributed by atoms with Crippen LogP contribution in [0.25, 0.3) is 0 Å². The Labute approximate surface area is 121 Å². The van der Waals surface area contributed by atoms with E-state index in [0.29, 0.717) is 13.0 Å². The number of nitrogens with zero attached hydrogens (tertiary/aromatic N) is 2. The molecule has 0 saturated heterocycles. The number of likely N-dealkylation sites (N-methyl/N-ethyl adjacent to an activating group) is 1. The van der Waals surface area contributed by atoms with E-state index >= 15 is 0 Å². The molecule has 1 unspecified atom stereocenters. The van der Waals surface area contributed by atoms with Crippen LogP contribution < -0.4 is 5.73 Å². The normalized spacial score (nSPS) is 13.5. The first-order chi connectivity index (χ1) is 8.70. The number of hydrogen-bond acceptors (Lipinski definition) is 3. The molecule has 0 bridgehead atoms. The summed E-state index contributed by atoms with van der Waals surface area (Å²) in [6.45, 7) is 6.16. The highest BCUT2D eigenvalue weighted by atomic mass is 32.1. The van der Waals surface area contributed by atoms with Crippen molar-refractivity contribution in [2.45, 2.75) is 33.6 Å². The second kappa shape index (κ2) is 7.43. The van der Waals surface area contributed by atoms with E-state index in [4.69, 9.17) is 18.0 Å². The highest BCUT2D eigenvalue weighted by Gasteiger charge is 2.38. The molecule has 0 spiro atoms. The van der Waals surface area contributed by atoms with E-state index in [-0.39, 0.29) is 23.3 Å². The summed E-state index contributed by atoms with van der Waals surface area (Å²) in [5.74, 6) is -0.275. The lowest BCUT2D eigenvalue weighted by atomic mass is 9.85. The van der Waals surface area contributed by atoms with E-state index in [9.17, 15) is 9.59 Å². The van der Waals surface area contributed by atoms with E-state index in [1.54, 1.807) is 25.9 Å². The van der Waals surface area contributed by atoms with Crippen molar-refractivity contribution in [1.29, 1.82) is 0 Å². The largest absolute Gasteiger partial charge is 0.392 e. The Balaban J connectivity index is 5.12. The summed E-state index contributed by atoms with van der Waals surface area (Å²) >= 11 is 5.01. The van der Waals surface area contributed by atoms with Gasteiger partial charge in [0.05, 0.1) is 16.9 Å². The average molecular weight is 287 g/mol. The van der Waals surface area contributed by atoms with E-state index in [1.165, 1.54) is 4.90 Å². The van der Waals surface area contributed by atoms with Gasteiger partial charge in [-0.15, -0.1) is 0 Å². The van der Waals surface area contributed by atoms with Crippen molar-refractivity contribution < 1.29 is 9.59 Å². The van der Waals surface area contributed by atoms with Crippen LogP contribution in [-0.4, -0.2) is 53.8 Å². The van der Waals surface area contributed by atoms with E-state index in [0.717, 1.165) is 6.42 Å². The number of hydrogen-bond donors (Lipinski definition) is 1. The average Bonchev–Trinajstić information content (AvgIpc) is 2.35. The third kappa shape index (κ3) is 4.45. The van der Waals surface area contributed by atoms with Gasteiger partial charge in [0.1, 0.15) is 0 Å². The van der Waals surface area contributed by atoms with Gasteiger partial charge < -0.3 is 15.5 Å². The van der Waals surface area contributed by atoms with Gasteiger partial charge in [0.25, 0.3) is 0 Å². The first kappa shape index (κ1) is 17.8. The van der Waals surface area contributed by atoms with Crippen LogP contribution in [0.5, 0.6) is 0 Å². The van der Waals surface area contributed by atoms with Gasteiger partial charge in [0, 0.05) is 20.6 Å². The number of nitrogens with two attached hydrogens (primary N) is 1. The van der Waals surface area contributed by atoms with Crippen LogP contribution in [0.15, 0.2) is 0 Å². The third-order valence-corrected chi connectivity index (χ3v) is 3.78. The van der Waals surface area contributed by atoms with Gasteiger partial charge in [-0.2, -0.15) is 0 Å². The van der Waals surface area contributed by atoms with Gasteiger partial charge in [0.15, 0.2) is 0 Å². The van der Waals surface area contributed by atoms with Crippen LogP contribution in [0, 0.1) is 5.41 Å². The fourth-order valence-electron chi connectivity index (χ4n) is 1.61.